The molecular weight excluding hydrogens is 204 g/mol. The van der Waals surface area contributed by atoms with Crippen molar-refractivity contribution < 1.29 is 15.0 Å². The van der Waals surface area contributed by atoms with Crippen molar-refractivity contribution in [1.82, 2.24) is 0 Å². The summed E-state index contributed by atoms with van der Waals surface area (Å²) in [4.78, 5) is 11.2. The molecule has 0 aromatic heterocycles. The summed E-state index contributed by atoms with van der Waals surface area (Å²) in [5.74, 6) is 2.89. The number of fused-ring (bicyclic) bond motifs is 9. The standard InChI is InChI=1S/C13H18O3/c14-10-4-6-3-9(10)12-5-1-7(11(6)12)8(2-5)13(15)16/h5-12,14H,1-4H2,(H,15,16). The molecule has 4 aliphatic rings. The molecule has 3 nitrogen and oxygen atoms in total. The lowest BCUT2D eigenvalue weighted by molar-refractivity contribution is -0.145. The van der Waals surface area contributed by atoms with Crippen molar-refractivity contribution in [3.8, 4) is 0 Å². The van der Waals surface area contributed by atoms with Crippen LogP contribution in [0.5, 0.6) is 0 Å². The van der Waals surface area contributed by atoms with Crippen LogP contribution in [0.1, 0.15) is 25.7 Å². The lowest BCUT2D eigenvalue weighted by Gasteiger charge is -2.39. The Balaban J connectivity index is 1.67. The topological polar surface area (TPSA) is 57.5 Å². The van der Waals surface area contributed by atoms with Crippen LogP contribution in [0.2, 0.25) is 0 Å². The molecule has 0 aromatic carbocycles. The van der Waals surface area contributed by atoms with Gasteiger partial charge in [0, 0.05) is 0 Å². The van der Waals surface area contributed by atoms with Gasteiger partial charge in [-0.15, -0.1) is 0 Å². The number of aliphatic hydroxyl groups is 1. The smallest absolute Gasteiger partial charge is 0.306 e. The average Bonchev–Trinajstić information content (AvgIpc) is 2.91. The van der Waals surface area contributed by atoms with E-state index in [1.807, 2.05) is 0 Å². The fraction of sp³-hybridized carbons (Fsp3) is 0.923. The van der Waals surface area contributed by atoms with E-state index in [-0.39, 0.29) is 12.0 Å². The summed E-state index contributed by atoms with van der Waals surface area (Å²) < 4.78 is 0. The van der Waals surface area contributed by atoms with Gasteiger partial charge in [-0.3, -0.25) is 4.79 Å². The molecular formula is C13H18O3. The van der Waals surface area contributed by atoms with E-state index in [4.69, 9.17) is 0 Å². The molecule has 4 fully saturated rings. The molecule has 16 heavy (non-hydrogen) atoms. The zero-order valence-corrected chi connectivity index (χ0v) is 9.25. The summed E-state index contributed by atoms with van der Waals surface area (Å²) in [5.41, 5.74) is 0. The number of carbonyl (C=O) groups is 1. The predicted octanol–water partition coefficient (Wildman–Crippen LogP) is 1.36. The summed E-state index contributed by atoms with van der Waals surface area (Å²) in [5, 5.41) is 19.2. The highest BCUT2D eigenvalue weighted by atomic mass is 16.4. The van der Waals surface area contributed by atoms with Crippen LogP contribution in [0.15, 0.2) is 0 Å². The van der Waals surface area contributed by atoms with Crippen LogP contribution < -0.4 is 0 Å². The number of rotatable bonds is 1. The second-order valence-corrected chi connectivity index (χ2v) is 6.46. The van der Waals surface area contributed by atoms with Crippen molar-refractivity contribution in [3.63, 3.8) is 0 Å². The molecule has 0 aliphatic heterocycles. The maximum Gasteiger partial charge on any atom is 0.306 e. The third kappa shape index (κ3) is 0.922. The third-order valence-corrected chi connectivity index (χ3v) is 6.10. The Bertz CT molecular complexity index is 353. The van der Waals surface area contributed by atoms with Gasteiger partial charge in [0.1, 0.15) is 0 Å². The first-order chi connectivity index (χ1) is 7.66. The molecule has 4 saturated carbocycles. The SMILES string of the molecule is O=C(O)C1CC2CC1C1C3CC(O)C(C3)C21. The fourth-order valence-corrected chi connectivity index (χ4v) is 5.85. The van der Waals surface area contributed by atoms with E-state index in [0.717, 1.165) is 19.3 Å². The molecule has 0 amide bonds. The van der Waals surface area contributed by atoms with Crippen molar-refractivity contribution in [2.45, 2.75) is 31.8 Å². The molecule has 4 aliphatic carbocycles. The number of aliphatic carboxylic acids is 1. The number of hydrogen-bond donors (Lipinski definition) is 2. The lowest BCUT2D eigenvalue weighted by atomic mass is 9.67. The van der Waals surface area contributed by atoms with E-state index in [1.54, 1.807) is 0 Å². The quantitative estimate of drug-likeness (QED) is 0.659. The Morgan fingerprint density at radius 2 is 1.56 bits per heavy atom. The largest absolute Gasteiger partial charge is 0.481 e. The highest BCUT2D eigenvalue weighted by Crippen LogP contribution is 2.68. The Morgan fingerprint density at radius 1 is 0.938 bits per heavy atom. The monoisotopic (exact) mass is 222 g/mol. The average molecular weight is 222 g/mol. The van der Waals surface area contributed by atoms with Crippen LogP contribution in [0.25, 0.3) is 0 Å². The summed E-state index contributed by atoms with van der Waals surface area (Å²) in [6, 6.07) is 0. The summed E-state index contributed by atoms with van der Waals surface area (Å²) in [6.07, 6.45) is 4.06. The van der Waals surface area contributed by atoms with Gasteiger partial charge in [0.25, 0.3) is 0 Å². The Kier molecular flexibility index (Phi) is 1.66. The highest BCUT2D eigenvalue weighted by Gasteiger charge is 2.65. The second kappa shape index (κ2) is 2.81. The number of hydrogen-bond acceptors (Lipinski definition) is 2. The Hall–Kier alpha value is -0.570. The zero-order chi connectivity index (χ0) is 11.0. The molecule has 2 N–H and O–H groups in total. The van der Waals surface area contributed by atoms with Gasteiger partial charge < -0.3 is 10.2 Å². The van der Waals surface area contributed by atoms with Gasteiger partial charge in [-0.05, 0) is 61.2 Å². The molecule has 3 heteroatoms. The molecule has 4 bridgehead atoms. The lowest BCUT2D eigenvalue weighted by Crippen LogP contribution is -2.39. The second-order valence-electron chi connectivity index (χ2n) is 6.46. The van der Waals surface area contributed by atoms with Crippen molar-refractivity contribution >= 4 is 5.97 Å². The minimum absolute atomic E-state index is 0.0669. The van der Waals surface area contributed by atoms with Gasteiger partial charge in [0.15, 0.2) is 0 Å². The van der Waals surface area contributed by atoms with Gasteiger partial charge in [-0.25, -0.2) is 0 Å². The molecule has 0 radical (unpaired) electrons. The van der Waals surface area contributed by atoms with E-state index < -0.39 is 5.97 Å². The summed E-state index contributed by atoms with van der Waals surface area (Å²) >= 11 is 0. The predicted molar refractivity (Wildman–Crippen MR) is 56.5 cm³/mol. The molecule has 8 atom stereocenters. The van der Waals surface area contributed by atoms with E-state index in [2.05, 4.69) is 0 Å². The van der Waals surface area contributed by atoms with Crippen molar-refractivity contribution in [2.24, 2.45) is 41.4 Å². The van der Waals surface area contributed by atoms with Gasteiger partial charge in [-0.1, -0.05) is 0 Å². The van der Waals surface area contributed by atoms with E-state index in [0.29, 0.717) is 35.5 Å². The molecule has 0 heterocycles. The van der Waals surface area contributed by atoms with E-state index in [1.165, 1.54) is 6.42 Å². The highest BCUT2D eigenvalue weighted by molar-refractivity contribution is 5.71. The number of aliphatic hydroxyl groups excluding tert-OH is 1. The van der Waals surface area contributed by atoms with E-state index in [9.17, 15) is 15.0 Å². The minimum atomic E-state index is -0.575. The van der Waals surface area contributed by atoms with Gasteiger partial charge in [0.2, 0.25) is 0 Å². The van der Waals surface area contributed by atoms with Crippen molar-refractivity contribution in [3.05, 3.63) is 0 Å². The van der Waals surface area contributed by atoms with Crippen LogP contribution in [-0.2, 0) is 4.79 Å². The first-order valence-corrected chi connectivity index (χ1v) is 6.57. The molecule has 0 saturated heterocycles. The summed E-state index contributed by atoms with van der Waals surface area (Å²) in [6.45, 7) is 0. The minimum Gasteiger partial charge on any atom is -0.481 e. The zero-order valence-electron chi connectivity index (χ0n) is 9.25. The van der Waals surface area contributed by atoms with Crippen LogP contribution in [-0.4, -0.2) is 22.3 Å². The normalized spacial score (nSPS) is 61.6. The maximum atomic E-state index is 11.2. The third-order valence-electron chi connectivity index (χ3n) is 6.10. The van der Waals surface area contributed by atoms with Gasteiger partial charge >= 0.3 is 5.97 Å². The van der Waals surface area contributed by atoms with Crippen LogP contribution in [0.4, 0.5) is 0 Å². The molecule has 8 unspecified atom stereocenters. The van der Waals surface area contributed by atoms with Crippen molar-refractivity contribution in [1.29, 1.82) is 0 Å². The van der Waals surface area contributed by atoms with Gasteiger partial charge in [0.05, 0.1) is 12.0 Å². The first kappa shape index (κ1) is 9.46. The molecule has 0 spiro atoms. The number of carboxylic acids is 1. The first-order valence-electron chi connectivity index (χ1n) is 6.57. The van der Waals surface area contributed by atoms with Crippen LogP contribution in [0, 0.1) is 41.4 Å². The summed E-state index contributed by atoms with van der Waals surface area (Å²) in [7, 11) is 0. The van der Waals surface area contributed by atoms with Crippen LogP contribution in [0.3, 0.4) is 0 Å². The molecule has 4 rings (SSSR count). The Morgan fingerprint density at radius 3 is 2.31 bits per heavy atom. The van der Waals surface area contributed by atoms with Gasteiger partial charge in [-0.2, -0.15) is 0 Å². The molecule has 88 valence electrons. The fourth-order valence-electron chi connectivity index (χ4n) is 5.85. The van der Waals surface area contributed by atoms with Crippen molar-refractivity contribution in [2.75, 3.05) is 0 Å². The van der Waals surface area contributed by atoms with E-state index >= 15 is 0 Å². The molecule has 0 aromatic rings. The van der Waals surface area contributed by atoms with Crippen LogP contribution >= 0.6 is 0 Å². The number of carboxylic acid groups (broad SMARTS) is 1. The Labute approximate surface area is 94.8 Å². The maximum absolute atomic E-state index is 11.2.